The van der Waals surface area contributed by atoms with Crippen LogP contribution in [0.1, 0.15) is 5.56 Å². The third-order valence-corrected chi connectivity index (χ3v) is 4.17. The van der Waals surface area contributed by atoms with E-state index in [1.165, 1.54) is 12.1 Å². The van der Waals surface area contributed by atoms with Gasteiger partial charge in [0.1, 0.15) is 0 Å². The van der Waals surface area contributed by atoms with Gasteiger partial charge in [0.05, 0.1) is 4.92 Å². The predicted octanol–water partition coefficient (Wildman–Crippen LogP) is 4.23. The van der Waals surface area contributed by atoms with Crippen molar-refractivity contribution >= 4 is 39.1 Å². The van der Waals surface area contributed by atoms with Gasteiger partial charge in [0.15, 0.2) is 0 Å². The van der Waals surface area contributed by atoms with Crippen LogP contribution in [0.25, 0.3) is 0 Å². The van der Waals surface area contributed by atoms with Gasteiger partial charge in [-0.1, -0.05) is 28.1 Å². The van der Waals surface area contributed by atoms with E-state index in [9.17, 15) is 10.1 Å². The number of nitrogens with zero attached hydrogens (tertiary/aromatic N) is 1. The summed E-state index contributed by atoms with van der Waals surface area (Å²) in [5.41, 5.74) is 7.77. The zero-order valence-corrected chi connectivity index (χ0v) is 12.3. The number of rotatable bonds is 4. The Morgan fingerprint density at radius 3 is 2.47 bits per heavy atom. The number of hydrogen-bond acceptors (Lipinski definition) is 4. The maximum atomic E-state index is 10.5. The Kier molecular flexibility index (Phi) is 4.44. The molecule has 2 N–H and O–H groups in total. The molecular formula is C13H11BrN2O2S. The van der Waals surface area contributed by atoms with Gasteiger partial charge in [0.2, 0.25) is 0 Å². The van der Waals surface area contributed by atoms with E-state index in [4.69, 9.17) is 5.73 Å². The van der Waals surface area contributed by atoms with Crippen molar-refractivity contribution in [2.24, 2.45) is 0 Å². The van der Waals surface area contributed by atoms with Gasteiger partial charge in [-0.3, -0.25) is 10.1 Å². The molecule has 0 bridgehead atoms. The van der Waals surface area contributed by atoms with Gasteiger partial charge in [-0.05, 0) is 23.8 Å². The summed E-state index contributed by atoms with van der Waals surface area (Å²) < 4.78 is 0.949. The van der Waals surface area contributed by atoms with Crippen LogP contribution < -0.4 is 5.73 Å². The van der Waals surface area contributed by atoms with Gasteiger partial charge in [-0.15, -0.1) is 11.8 Å². The first-order valence-corrected chi connectivity index (χ1v) is 7.25. The summed E-state index contributed by atoms with van der Waals surface area (Å²) in [5, 5.41) is 10.5. The summed E-state index contributed by atoms with van der Waals surface area (Å²) in [6.45, 7) is 0. The fourth-order valence-corrected chi connectivity index (χ4v) is 2.81. The van der Waals surface area contributed by atoms with E-state index in [1.54, 1.807) is 23.9 Å². The molecule has 19 heavy (non-hydrogen) atoms. The maximum absolute atomic E-state index is 10.5. The molecule has 0 amide bonds. The highest BCUT2D eigenvalue weighted by Gasteiger charge is 2.05. The molecule has 0 saturated heterocycles. The first-order chi connectivity index (χ1) is 9.06. The molecule has 0 heterocycles. The average molecular weight is 339 g/mol. The monoisotopic (exact) mass is 338 g/mol. The highest BCUT2D eigenvalue weighted by atomic mass is 79.9. The third kappa shape index (κ3) is 3.71. The smallest absolute Gasteiger partial charge is 0.269 e. The van der Waals surface area contributed by atoms with Crippen molar-refractivity contribution < 1.29 is 4.92 Å². The number of halogens is 1. The molecule has 2 aromatic carbocycles. The van der Waals surface area contributed by atoms with E-state index >= 15 is 0 Å². The van der Waals surface area contributed by atoms with E-state index in [0.717, 1.165) is 26.4 Å². The molecule has 0 saturated carbocycles. The summed E-state index contributed by atoms with van der Waals surface area (Å²) in [7, 11) is 0. The van der Waals surface area contributed by atoms with Crippen molar-refractivity contribution in [1.82, 2.24) is 0 Å². The zero-order chi connectivity index (χ0) is 13.8. The van der Waals surface area contributed by atoms with Crippen LogP contribution in [0.3, 0.4) is 0 Å². The fraction of sp³-hybridized carbons (Fsp3) is 0.0769. The van der Waals surface area contributed by atoms with Crippen LogP contribution in [-0.4, -0.2) is 4.92 Å². The minimum atomic E-state index is -0.399. The summed E-state index contributed by atoms with van der Waals surface area (Å²) in [5.74, 6) is 0.726. The number of nitrogen functional groups attached to an aromatic ring is 1. The summed E-state index contributed by atoms with van der Waals surface area (Å²) >= 11 is 4.97. The highest BCUT2D eigenvalue weighted by molar-refractivity contribution is 9.10. The first-order valence-electron chi connectivity index (χ1n) is 5.47. The van der Waals surface area contributed by atoms with Gasteiger partial charge < -0.3 is 5.73 Å². The van der Waals surface area contributed by atoms with Crippen LogP contribution in [0.4, 0.5) is 11.4 Å². The zero-order valence-electron chi connectivity index (χ0n) is 9.88. The Hall–Kier alpha value is -1.53. The highest BCUT2D eigenvalue weighted by Crippen LogP contribution is 2.30. The lowest BCUT2D eigenvalue weighted by Gasteiger charge is -2.06. The minimum Gasteiger partial charge on any atom is -0.398 e. The molecule has 0 spiro atoms. The summed E-state index contributed by atoms with van der Waals surface area (Å²) in [6, 6.07) is 12.3. The lowest BCUT2D eigenvalue weighted by Crippen LogP contribution is -1.90. The number of hydrogen-bond donors (Lipinski definition) is 1. The van der Waals surface area contributed by atoms with Crippen LogP contribution in [-0.2, 0) is 5.75 Å². The van der Waals surface area contributed by atoms with Crippen molar-refractivity contribution in [1.29, 1.82) is 0 Å². The summed E-state index contributed by atoms with van der Waals surface area (Å²) in [6.07, 6.45) is 0. The second-order valence-corrected chi connectivity index (χ2v) is 5.83. The Labute approximate surface area is 123 Å². The van der Waals surface area contributed by atoms with Gasteiger partial charge in [0.25, 0.3) is 5.69 Å². The molecule has 2 aromatic rings. The Balaban J connectivity index is 2.04. The standard InChI is InChI=1S/C13H11BrN2O2S/c14-10-3-6-13(12(15)7-10)19-8-9-1-4-11(5-2-9)16(17)18/h1-7H,8,15H2. The molecule has 98 valence electrons. The molecule has 2 rings (SSSR count). The van der Waals surface area contributed by atoms with Crippen LogP contribution in [0, 0.1) is 10.1 Å². The van der Waals surface area contributed by atoms with Gasteiger partial charge in [-0.2, -0.15) is 0 Å². The number of benzene rings is 2. The minimum absolute atomic E-state index is 0.108. The van der Waals surface area contributed by atoms with Gasteiger partial charge in [-0.25, -0.2) is 0 Å². The molecule has 0 aliphatic carbocycles. The van der Waals surface area contributed by atoms with Crippen LogP contribution in [0.5, 0.6) is 0 Å². The molecule has 0 aromatic heterocycles. The van der Waals surface area contributed by atoms with Crippen molar-refractivity contribution in [3.63, 3.8) is 0 Å². The molecule has 0 unspecified atom stereocenters. The van der Waals surface area contributed by atoms with Crippen molar-refractivity contribution in [3.8, 4) is 0 Å². The Morgan fingerprint density at radius 1 is 1.21 bits per heavy atom. The summed E-state index contributed by atoms with van der Waals surface area (Å²) in [4.78, 5) is 11.1. The van der Waals surface area contributed by atoms with Crippen LogP contribution >= 0.6 is 27.7 Å². The molecule has 0 atom stereocenters. The van der Waals surface area contributed by atoms with Crippen molar-refractivity contribution in [2.45, 2.75) is 10.6 Å². The van der Waals surface area contributed by atoms with E-state index in [1.807, 2.05) is 18.2 Å². The van der Waals surface area contributed by atoms with Gasteiger partial charge >= 0.3 is 0 Å². The lowest BCUT2D eigenvalue weighted by molar-refractivity contribution is -0.384. The molecule has 0 fully saturated rings. The number of non-ortho nitro benzene ring substituents is 1. The molecule has 6 heteroatoms. The largest absolute Gasteiger partial charge is 0.398 e. The van der Waals surface area contributed by atoms with Crippen LogP contribution in [0.15, 0.2) is 51.8 Å². The maximum Gasteiger partial charge on any atom is 0.269 e. The number of nitro groups is 1. The number of anilines is 1. The second-order valence-electron chi connectivity index (χ2n) is 3.89. The topological polar surface area (TPSA) is 69.2 Å². The molecular weight excluding hydrogens is 328 g/mol. The predicted molar refractivity (Wildman–Crippen MR) is 81.2 cm³/mol. The van der Waals surface area contributed by atoms with E-state index in [2.05, 4.69) is 15.9 Å². The number of nitrogens with two attached hydrogens (primary N) is 1. The Morgan fingerprint density at radius 2 is 1.89 bits per heavy atom. The molecule has 0 radical (unpaired) electrons. The second kappa shape index (κ2) is 6.08. The molecule has 0 aliphatic rings. The Bertz CT molecular complexity index is 602. The lowest BCUT2D eigenvalue weighted by atomic mass is 10.2. The van der Waals surface area contributed by atoms with Crippen LogP contribution in [0.2, 0.25) is 0 Å². The number of thioether (sulfide) groups is 1. The molecule has 0 aliphatic heterocycles. The number of nitro benzene ring substituents is 1. The van der Waals surface area contributed by atoms with E-state index < -0.39 is 4.92 Å². The quantitative estimate of drug-likeness (QED) is 0.392. The van der Waals surface area contributed by atoms with Gasteiger partial charge in [0, 0.05) is 32.9 Å². The van der Waals surface area contributed by atoms with Crippen molar-refractivity contribution in [3.05, 3.63) is 62.6 Å². The first kappa shape index (κ1) is 13.9. The molecule has 4 nitrogen and oxygen atoms in total. The van der Waals surface area contributed by atoms with E-state index in [-0.39, 0.29) is 5.69 Å². The SMILES string of the molecule is Nc1cc(Br)ccc1SCc1ccc([N+](=O)[O-])cc1. The fourth-order valence-electron chi connectivity index (χ4n) is 1.53. The van der Waals surface area contributed by atoms with Crippen molar-refractivity contribution in [2.75, 3.05) is 5.73 Å². The third-order valence-electron chi connectivity index (χ3n) is 2.51. The average Bonchev–Trinajstić information content (AvgIpc) is 2.38. The normalized spacial score (nSPS) is 10.4. The van der Waals surface area contributed by atoms with E-state index in [0.29, 0.717) is 0 Å².